The molecular weight excluding hydrogens is 228 g/mol. The number of aliphatic hydroxyl groups is 1. The van der Waals surface area contributed by atoms with Crippen LogP contribution in [-0.4, -0.2) is 61.0 Å². The highest BCUT2D eigenvalue weighted by atomic mass is 16.5. The first-order valence-corrected chi connectivity index (χ1v) is 7.25. The van der Waals surface area contributed by atoms with Crippen LogP contribution >= 0.6 is 0 Å². The summed E-state index contributed by atoms with van der Waals surface area (Å²) in [5.74, 6) is 0. The van der Waals surface area contributed by atoms with Crippen molar-refractivity contribution in [3.63, 3.8) is 0 Å². The predicted octanol–water partition coefficient (Wildman–Crippen LogP) is 1.23. The second-order valence-corrected chi connectivity index (χ2v) is 5.67. The zero-order chi connectivity index (χ0) is 13.5. The highest BCUT2D eigenvalue weighted by Gasteiger charge is 2.27. The van der Waals surface area contributed by atoms with Crippen LogP contribution in [0.1, 0.15) is 40.0 Å². The standard InChI is InChI=1S/C14H30N2O2/c1-11(2)18-10-13(17)9-16-8-6-5-7-14(16)12(3)15-4/h11-15,17H,5-10H2,1-4H3. The van der Waals surface area contributed by atoms with Crippen molar-refractivity contribution in [3.8, 4) is 0 Å². The van der Waals surface area contributed by atoms with Gasteiger partial charge in [0, 0.05) is 18.6 Å². The van der Waals surface area contributed by atoms with Crippen molar-refractivity contribution >= 4 is 0 Å². The van der Waals surface area contributed by atoms with Gasteiger partial charge in [-0.15, -0.1) is 0 Å². The summed E-state index contributed by atoms with van der Waals surface area (Å²) in [7, 11) is 2.01. The first-order chi connectivity index (χ1) is 8.54. The lowest BCUT2D eigenvalue weighted by Crippen LogP contribution is -2.52. The van der Waals surface area contributed by atoms with Crippen molar-refractivity contribution < 1.29 is 9.84 Å². The maximum atomic E-state index is 10.0. The fraction of sp³-hybridized carbons (Fsp3) is 1.00. The summed E-state index contributed by atoms with van der Waals surface area (Å²) >= 11 is 0. The molecule has 0 aliphatic carbocycles. The van der Waals surface area contributed by atoms with Crippen molar-refractivity contribution in [2.24, 2.45) is 0 Å². The number of piperidine rings is 1. The number of aliphatic hydroxyl groups excluding tert-OH is 1. The summed E-state index contributed by atoms with van der Waals surface area (Å²) in [5, 5.41) is 13.4. The number of ether oxygens (including phenoxy) is 1. The smallest absolute Gasteiger partial charge is 0.0900 e. The van der Waals surface area contributed by atoms with E-state index in [2.05, 4.69) is 17.1 Å². The Bertz CT molecular complexity index is 224. The van der Waals surface area contributed by atoms with Crippen LogP contribution in [0.3, 0.4) is 0 Å². The van der Waals surface area contributed by atoms with E-state index in [1.54, 1.807) is 0 Å². The lowest BCUT2D eigenvalue weighted by atomic mass is 9.96. The second kappa shape index (κ2) is 8.10. The third-order valence-electron chi connectivity index (χ3n) is 3.76. The summed E-state index contributed by atoms with van der Waals surface area (Å²) in [6.07, 6.45) is 3.57. The molecule has 0 aromatic rings. The lowest BCUT2D eigenvalue weighted by Gasteiger charge is -2.40. The molecule has 0 spiro atoms. The summed E-state index contributed by atoms with van der Waals surface area (Å²) in [6.45, 7) is 8.48. The van der Waals surface area contributed by atoms with Gasteiger partial charge in [0.2, 0.25) is 0 Å². The number of β-amino-alcohol motifs (C(OH)–C–C–N with tert-alkyl or cyclic N) is 1. The number of hydrogen-bond acceptors (Lipinski definition) is 4. The normalized spacial score (nSPS) is 25.3. The van der Waals surface area contributed by atoms with Gasteiger partial charge in [-0.3, -0.25) is 4.90 Å². The minimum absolute atomic E-state index is 0.188. The zero-order valence-corrected chi connectivity index (χ0v) is 12.4. The van der Waals surface area contributed by atoms with Crippen molar-refractivity contribution in [1.82, 2.24) is 10.2 Å². The molecule has 3 unspecified atom stereocenters. The van der Waals surface area contributed by atoms with Gasteiger partial charge in [-0.25, -0.2) is 0 Å². The Labute approximate surface area is 112 Å². The third-order valence-corrected chi connectivity index (χ3v) is 3.76. The Morgan fingerprint density at radius 2 is 2.06 bits per heavy atom. The van der Waals surface area contributed by atoms with E-state index in [0.717, 1.165) is 13.1 Å². The summed E-state index contributed by atoms with van der Waals surface area (Å²) < 4.78 is 5.47. The van der Waals surface area contributed by atoms with Crippen molar-refractivity contribution in [2.45, 2.75) is 64.3 Å². The van der Waals surface area contributed by atoms with Gasteiger partial charge in [-0.05, 0) is 47.2 Å². The van der Waals surface area contributed by atoms with E-state index in [0.29, 0.717) is 18.7 Å². The van der Waals surface area contributed by atoms with E-state index in [4.69, 9.17) is 4.74 Å². The van der Waals surface area contributed by atoms with E-state index < -0.39 is 0 Å². The SMILES string of the molecule is CNC(C)C1CCCCN1CC(O)COC(C)C. The summed E-state index contributed by atoms with van der Waals surface area (Å²) in [6, 6.07) is 1.01. The van der Waals surface area contributed by atoms with Gasteiger partial charge < -0.3 is 15.2 Å². The lowest BCUT2D eigenvalue weighted by molar-refractivity contribution is -0.0210. The molecule has 0 saturated carbocycles. The number of rotatable bonds is 7. The topological polar surface area (TPSA) is 44.7 Å². The molecule has 0 amide bonds. The van der Waals surface area contributed by atoms with Crippen molar-refractivity contribution in [2.75, 3.05) is 26.7 Å². The van der Waals surface area contributed by atoms with E-state index >= 15 is 0 Å². The predicted molar refractivity (Wildman–Crippen MR) is 74.8 cm³/mol. The maximum Gasteiger partial charge on any atom is 0.0900 e. The van der Waals surface area contributed by atoms with Gasteiger partial charge in [-0.2, -0.15) is 0 Å². The largest absolute Gasteiger partial charge is 0.389 e. The Balaban J connectivity index is 2.41. The molecule has 0 bridgehead atoms. The third kappa shape index (κ3) is 5.22. The Hall–Kier alpha value is -0.160. The molecule has 0 aromatic heterocycles. The maximum absolute atomic E-state index is 10.0. The van der Waals surface area contributed by atoms with Gasteiger partial charge in [0.1, 0.15) is 0 Å². The average molecular weight is 258 g/mol. The van der Waals surface area contributed by atoms with Gasteiger partial charge in [-0.1, -0.05) is 6.42 Å². The molecule has 0 radical (unpaired) electrons. The van der Waals surface area contributed by atoms with Crippen molar-refractivity contribution in [3.05, 3.63) is 0 Å². The van der Waals surface area contributed by atoms with Crippen LogP contribution < -0.4 is 5.32 Å². The molecule has 1 fully saturated rings. The zero-order valence-electron chi connectivity index (χ0n) is 12.4. The van der Waals surface area contributed by atoms with Crippen LogP contribution in [0.2, 0.25) is 0 Å². The molecule has 1 saturated heterocycles. The van der Waals surface area contributed by atoms with Crippen LogP contribution in [0.5, 0.6) is 0 Å². The number of likely N-dealkylation sites (N-methyl/N-ethyl adjacent to an activating group) is 1. The van der Waals surface area contributed by atoms with Crippen LogP contribution in [0, 0.1) is 0 Å². The Morgan fingerprint density at radius 3 is 2.67 bits per heavy atom. The van der Waals surface area contributed by atoms with Crippen LogP contribution in [0.15, 0.2) is 0 Å². The number of nitrogens with zero attached hydrogens (tertiary/aromatic N) is 1. The molecule has 4 heteroatoms. The minimum Gasteiger partial charge on any atom is -0.389 e. The van der Waals surface area contributed by atoms with Gasteiger partial charge >= 0.3 is 0 Å². The molecule has 108 valence electrons. The molecule has 1 heterocycles. The van der Waals surface area contributed by atoms with Crippen LogP contribution in [0.4, 0.5) is 0 Å². The van der Waals surface area contributed by atoms with E-state index in [9.17, 15) is 5.11 Å². The summed E-state index contributed by atoms with van der Waals surface area (Å²) in [5.41, 5.74) is 0. The van der Waals surface area contributed by atoms with E-state index in [1.165, 1.54) is 19.3 Å². The van der Waals surface area contributed by atoms with Crippen molar-refractivity contribution in [1.29, 1.82) is 0 Å². The minimum atomic E-state index is -0.378. The second-order valence-electron chi connectivity index (χ2n) is 5.67. The van der Waals surface area contributed by atoms with E-state index in [-0.39, 0.29) is 12.2 Å². The number of nitrogens with one attached hydrogen (secondary N) is 1. The molecule has 1 aliphatic heterocycles. The average Bonchev–Trinajstić information content (AvgIpc) is 2.36. The number of hydrogen-bond donors (Lipinski definition) is 2. The highest BCUT2D eigenvalue weighted by Crippen LogP contribution is 2.20. The summed E-state index contributed by atoms with van der Waals surface area (Å²) in [4.78, 5) is 2.42. The molecule has 3 atom stereocenters. The Kier molecular flexibility index (Phi) is 7.15. The fourth-order valence-corrected chi connectivity index (χ4v) is 2.63. The Morgan fingerprint density at radius 1 is 1.33 bits per heavy atom. The van der Waals surface area contributed by atoms with Gasteiger partial charge in [0.05, 0.1) is 18.8 Å². The number of likely N-dealkylation sites (tertiary alicyclic amines) is 1. The molecule has 2 N–H and O–H groups in total. The molecule has 1 aliphatic rings. The fourth-order valence-electron chi connectivity index (χ4n) is 2.63. The highest BCUT2D eigenvalue weighted by molar-refractivity contribution is 4.85. The molecular formula is C14H30N2O2. The molecule has 1 rings (SSSR count). The molecule has 18 heavy (non-hydrogen) atoms. The van der Waals surface area contributed by atoms with Gasteiger partial charge in [0.15, 0.2) is 0 Å². The first kappa shape index (κ1) is 15.9. The van der Waals surface area contributed by atoms with Gasteiger partial charge in [0.25, 0.3) is 0 Å². The molecule has 0 aromatic carbocycles. The monoisotopic (exact) mass is 258 g/mol. The quantitative estimate of drug-likeness (QED) is 0.721. The van der Waals surface area contributed by atoms with Crippen LogP contribution in [0.25, 0.3) is 0 Å². The molecule has 4 nitrogen and oxygen atoms in total. The van der Waals surface area contributed by atoms with E-state index in [1.807, 2.05) is 20.9 Å². The first-order valence-electron chi connectivity index (χ1n) is 7.25. The van der Waals surface area contributed by atoms with Crippen LogP contribution in [-0.2, 0) is 4.74 Å².